The Morgan fingerprint density at radius 3 is 3.12 bits per heavy atom. The number of nitrogens with one attached hydrogen (secondary N) is 1. The molecule has 1 aromatic heterocycles. The molecule has 0 bridgehead atoms. The second-order valence-corrected chi connectivity index (χ2v) is 6.79. The van der Waals surface area contributed by atoms with Gasteiger partial charge >= 0.3 is 0 Å². The summed E-state index contributed by atoms with van der Waals surface area (Å²) in [5, 5.41) is 2.80. The van der Waals surface area contributed by atoms with Crippen LogP contribution in [0.3, 0.4) is 0 Å². The maximum Gasteiger partial charge on any atom is 0.237 e. The van der Waals surface area contributed by atoms with Crippen molar-refractivity contribution in [1.82, 2.24) is 20.1 Å². The predicted octanol–water partition coefficient (Wildman–Crippen LogP) is -0.176. The normalized spacial score (nSPS) is 24.2. The van der Waals surface area contributed by atoms with E-state index in [0.717, 1.165) is 38.2 Å². The summed E-state index contributed by atoms with van der Waals surface area (Å²) in [4.78, 5) is 35.1. The summed E-state index contributed by atoms with van der Waals surface area (Å²) >= 11 is 0. The fourth-order valence-corrected chi connectivity index (χ4v) is 3.96. The van der Waals surface area contributed by atoms with E-state index in [0.29, 0.717) is 32.2 Å². The fraction of sp³-hybridized carbons (Fsp3) is 0.588. The Hall–Kier alpha value is -2.15. The molecule has 2 fully saturated rings. The lowest BCUT2D eigenvalue weighted by Gasteiger charge is -2.30. The van der Waals surface area contributed by atoms with Gasteiger partial charge in [-0.15, -0.1) is 0 Å². The first kappa shape index (κ1) is 15.4. The second-order valence-electron chi connectivity index (χ2n) is 6.79. The molecule has 1 aromatic rings. The van der Waals surface area contributed by atoms with Crippen molar-refractivity contribution in [3.63, 3.8) is 0 Å². The number of rotatable bonds is 2. The monoisotopic (exact) mass is 329 g/mol. The average Bonchev–Trinajstić information content (AvgIpc) is 2.96. The van der Waals surface area contributed by atoms with Crippen molar-refractivity contribution in [2.75, 3.05) is 44.2 Å². The zero-order valence-corrected chi connectivity index (χ0v) is 13.8. The van der Waals surface area contributed by atoms with Gasteiger partial charge in [-0.25, -0.2) is 0 Å². The maximum atomic E-state index is 12.8. The van der Waals surface area contributed by atoms with Gasteiger partial charge in [0.25, 0.3) is 0 Å². The molecule has 2 amide bonds. The van der Waals surface area contributed by atoms with E-state index in [1.807, 2.05) is 15.9 Å². The molecular weight excluding hydrogens is 306 g/mol. The van der Waals surface area contributed by atoms with Gasteiger partial charge in [0.1, 0.15) is 0 Å². The lowest BCUT2D eigenvalue weighted by molar-refractivity contribution is -0.134. The minimum Gasteiger partial charge on any atom is -0.365 e. The fourth-order valence-electron chi connectivity index (χ4n) is 3.96. The Labute approximate surface area is 141 Å². The molecule has 7 heteroatoms. The number of hydrogen-bond acceptors (Lipinski definition) is 5. The van der Waals surface area contributed by atoms with Crippen LogP contribution in [-0.2, 0) is 16.1 Å². The standard InChI is InChI=1S/C17H23N5O2/c23-16-11-20(8-6-19-16)12-17(24)21-9-13-3-2-7-22(13)15-4-1-5-18-14(15)10-21/h1,4-5,13H,2-3,6-12H2,(H,19,23)/t13-/m0/s1. The smallest absolute Gasteiger partial charge is 0.237 e. The van der Waals surface area contributed by atoms with Crippen LogP contribution in [0.5, 0.6) is 0 Å². The van der Waals surface area contributed by atoms with Crippen molar-refractivity contribution in [3.05, 3.63) is 24.0 Å². The van der Waals surface area contributed by atoms with E-state index in [1.165, 1.54) is 5.69 Å². The van der Waals surface area contributed by atoms with Crippen LogP contribution < -0.4 is 10.2 Å². The zero-order chi connectivity index (χ0) is 16.5. The SMILES string of the molecule is O=C1CN(CC(=O)N2Cc3ncccc3N3CCC[C@H]3C2)CCN1. The number of piperazine rings is 1. The first-order valence-electron chi connectivity index (χ1n) is 8.68. The summed E-state index contributed by atoms with van der Waals surface area (Å²) in [6, 6.07) is 4.46. The maximum absolute atomic E-state index is 12.8. The number of aromatic nitrogens is 1. The van der Waals surface area contributed by atoms with Crippen LogP contribution in [0.2, 0.25) is 0 Å². The Morgan fingerprint density at radius 1 is 1.33 bits per heavy atom. The molecule has 0 radical (unpaired) electrons. The number of carbonyl (C=O) groups excluding carboxylic acids is 2. The number of fused-ring (bicyclic) bond motifs is 3. The number of hydrogen-bond donors (Lipinski definition) is 1. The van der Waals surface area contributed by atoms with E-state index in [1.54, 1.807) is 6.20 Å². The minimum absolute atomic E-state index is 0.00102. The second kappa shape index (κ2) is 6.39. The highest BCUT2D eigenvalue weighted by atomic mass is 16.2. The van der Waals surface area contributed by atoms with E-state index in [-0.39, 0.29) is 11.8 Å². The van der Waals surface area contributed by atoms with Crippen molar-refractivity contribution in [2.45, 2.75) is 25.4 Å². The molecule has 128 valence electrons. The molecule has 0 unspecified atom stereocenters. The van der Waals surface area contributed by atoms with Gasteiger partial charge in [0.2, 0.25) is 11.8 Å². The average molecular weight is 329 g/mol. The molecule has 0 aliphatic carbocycles. The lowest BCUT2D eigenvalue weighted by atomic mass is 10.2. The van der Waals surface area contributed by atoms with Crippen LogP contribution in [0.4, 0.5) is 5.69 Å². The van der Waals surface area contributed by atoms with Gasteiger partial charge in [-0.05, 0) is 25.0 Å². The Morgan fingerprint density at radius 2 is 2.25 bits per heavy atom. The van der Waals surface area contributed by atoms with Crippen molar-refractivity contribution in [2.24, 2.45) is 0 Å². The van der Waals surface area contributed by atoms with Gasteiger partial charge in [-0.3, -0.25) is 19.5 Å². The van der Waals surface area contributed by atoms with Crippen LogP contribution >= 0.6 is 0 Å². The summed E-state index contributed by atoms with van der Waals surface area (Å²) in [7, 11) is 0. The quantitative estimate of drug-likeness (QED) is 0.815. The van der Waals surface area contributed by atoms with Crippen molar-refractivity contribution < 1.29 is 9.59 Å². The van der Waals surface area contributed by atoms with Crippen molar-refractivity contribution in [1.29, 1.82) is 0 Å². The molecule has 3 aliphatic heterocycles. The molecule has 4 rings (SSSR count). The van der Waals surface area contributed by atoms with E-state index in [4.69, 9.17) is 0 Å². The Kier molecular flexibility index (Phi) is 4.10. The van der Waals surface area contributed by atoms with Crippen LogP contribution in [0.25, 0.3) is 0 Å². The molecule has 2 saturated heterocycles. The first-order valence-corrected chi connectivity index (χ1v) is 8.68. The molecular formula is C17H23N5O2. The predicted molar refractivity (Wildman–Crippen MR) is 89.5 cm³/mol. The highest BCUT2D eigenvalue weighted by molar-refractivity contribution is 5.82. The summed E-state index contributed by atoms with van der Waals surface area (Å²) in [5.74, 6) is 0.0916. The van der Waals surface area contributed by atoms with E-state index >= 15 is 0 Å². The van der Waals surface area contributed by atoms with Gasteiger partial charge in [0.05, 0.1) is 31.0 Å². The first-order chi connectivity index (χ1) is 11.7. The van der Waals surface area contributed by atoms with E-state index in [9.17, 15) is 9.59 Å². The van der Waals surface area contributed by atoms with Crippen LogP contribution in [0, 0.1) is 0 Å². The van der Waals surface area contributed by atoms with Crippen LogP contribution in [-0.4, -0.2) is 71.9 Å². The Bertz CT molecular complexity index is 650. The molecule has 7 nitrogen and oxygen atoms in total. The number of pyridine rings is 1. The molecule has 24 heavy (non-hydrogen) atoms. The molecule has 1 atom stereocenters. The van der Waals surface area contributed by atoms with Crippen LogP contribution in [0.1, 0.15) is 18.5 Å². The number of anilines is 1. The number of amides is 2. The highest BCUT2D eigenvalue weighted by Gasteiger charge is 2.34. The van der Waals surface area contributed by atoms with Crippen molar-refractivity contribution in [3.8, 4) is 0 Å². The number of nitrogens with zero attached hydrogens (tertiary/aromatic N) is 4. The largest absolute Gasteiger partial charge is 0.365 e. The van der Waals surface area contributed by atoms with Gasteiger partial charge in [-0.1, -0.05) is 0 Å². The third kappa shape index (κ3) is 2.96. The zero-order valence-electron chi connectivity index (χ0n) is 13.8. The summed E-state index contributed by atoms with van der Waals surface area (Å²) < 4.78 is 0. The van der Waals surface area contributed by atoms with E-state index < -0.39 is 0 Å². The third-order valence-electron chi connectivity index (χ3n) is 5.15. The number of carbonyl (C=O) groups is 2. The highest BCUT2D eigenvalue weighted by Crippen LogP contribution is 2.31. The van der Waals surface area contributed by atoms with Gasteiger partial charge in [0, 0.05) is 38.4 Å². The van der Waals surface area contributed by atoms with Gasteiger partial charge in [0.15, 0.2) is 0 Å². The molecule has 0 saturated carbocycles. The topological polar surface area (TPSA) is 68.8 Å². The minimum atomic E-state index is -0.00102. The Balaban J connectivity index is 1.51. The molecule has 0 aromatic carbocycles. The molecule has 3 aliphatic rings. The van der Waals surface area contributed by atoms with Gasteiger partial charge < -0.3 is 15.1 Å². The summed E-state index contributed by atoms with van der Waals surface area (Å²) in [5.41, 5.74) is 2.15. The van der Waals surface area contributed by atoms with Crippen LogP contribution in [0.15, 0.2) is 18.3 Å². The third-order valence-corrected chi connectivity index (χ3v) is 5.15. The van der Waals surface area contributed by atoms with Gasteiger partial charge in [-0.2, -0.15) is 0 Å². The van der Waals surface area contributed by atoms with Crippen molar-refractivity contribution >= 4 is 17.5 Å². The molecule has 4 heterocycles. The molecule has 1 N–H and O–H groups in total. The molecule has 0 spiro atoms. The summed E-state index contributed by atoms with van der Waals surface area (Å²) in [6.45, 7) is 4.31. The van der Waals surface area contributed by atoms with E-state index in [2.05, 4.69) is 21.3 Å². The summed E-state index contributed by atoms with van der Waals surface area (Å²) in [6.07, 6.45) is 4.07. The lowest BCUT2D eigenvalue weighted by Crippen LogP contribution is -2.51.